The van der Waals surface area contributed by atoms with Crippen LogP contribution in [-0.2, 0) is 25.9 Å². The third-order valence-corrected chi connectivity index (χ3v) is 7.42. The van der Waals surface area contributed by atoms with Gasteiger partial charge in [-0.05, 0) is 49.8 Å². The van der Waals surface area contributed by atoms with E-state index in [1.54, 1.807) is 13.2 Å². The Balaban J connectivity index is 1.84. The maximum Gasteiger partial charge on any atom is 0.330 e. The Kier molecular flexibility index (Phi) is 7.21. The number of nitrogens with two attached hydrogens (primary N) is 1. The zero-order valence-corrected chi connectivity index (χ0v) is 20.4. The van der Waals surface area contributed by atoms with E-state index in [1.807, 2.05) is 31.2 Å². The quantitative estimate of drug-likeness (QED) is 0.508. The summed E-state index contributed by atoms with van der Waals surface area (Å²) in [5.74, 6) is 0.273. The number of nitrogens with zero attached hydrogens (tertiary/aromatic N) is 2. The number of ether oxygens (including phenoxy) is 1. The first-order valence-electron chi connectivity index (χ1n) is 11.6. The van der Waals surface area contributed by atoms with Gasteiger partial charge in [-0.15, -0.1) is 11.3 Å². The molecule has 0 saturated carbocycles. The fourth-order valence-corrected chi connectivity index (χ4v) is 5.56. The predicted molar refractivity (Wildman–Crippen MR) is 135 cm³/mol. The highest BCUT2D eigenvalue weighted by molar-refractivity contribution is 7.14. The van der Waals surface area contributed by atoms with Crippen LogP contribution in [0, 0.1) is 0 Å². The zero-order valence-electron chi connectivity index (χ0n) is 19.6. The van der Waals surface area contributed by atoms with Gasteiger partial charge in [0.25, 0.3) is 11.5 Å². The Morgan fingerprint density at radius 1 is 1.24 bits per heavy atom. The van der Waals surface area contributed by atoms with Crippen molar-refractivity contribution >= 4 is 28.7 Å². The molecule has 9 heteroatoms. The molecule has 4 rings (SSSR count). The highest BCUT2D eigenvalue weighted by atomic mass is 32.1. The molecule has 0 fully saturated rings. The van der Waals surface area contributed by atoms with Gasteiger partial charge in [0, 0.05) is 17.0 Å². The molecule has 3 N–H and O–H groups in total. The van der Waals surface area contributed by atoms with Crippen molar-refractivity contribution in [2.75, 3.05) is 17.7 Å². The van der Waals surface area contributed by atoms with Crippen molar-refractivity contribution in [2.24, 2.45) is 0 Å². The van der Waals surface area contributed by atoms with E-state index >= 15 is 0 Å². The number of nitrogens with one attached hydrogen (secondary N) is 1. The van der Waals surface area contributed by atoms with Crippen molar-refractivity contribution in [3.8, 4) is 5.75 Å². The number of carbonyl (C=O) groups is 1. The first-order chi connectivity index (χ1) is 16.4. The van der Waals surface area contributed by atoms with Crippen molar-refractivity contribution in [1.82, 2.24) is 9.55 Å². The van der Waals surface area contributed by atoms with Crippen molar-refractivity contribution in [2.45, 2.75) is 58.5 Å². The summed E-state index contributed by atoms with van der Waals surface area (Å²) in [5.41, 5.74) is 7.04. The molecule has 1 aromatic carbocycles. The second-order valence-electron chi connectivity index (χ2n) is 8.47. The Morgan fingerprint density at radius 3 is 2.74 bits per heavy atom. The second kappa shape index (κ2) is 10.3. The average Bonchev–Trinajstić information content (AvgIpc) is 3.27. The molecule has 0 radical (unpaired) electrons. The Morgan fingerprint density at radius 2 is 2.00 bits per heavy atom. The first-order valence-corrected chi connectivity index (χ1v) is 12.4. The first kappa shape index (κ1) is 23.8. The number of aromatic nitrogens is 2. The molecule has 2 aromatic heterocycles. The minimum Gasteiger partial charge on any atom is -0.496 e. The van der Waals surface area contributed by atoms with Crippen LogP contribution < -0.4 is 26.6 Å². The monoisotopic (exact) mass is 482 g/mol. The number of para-hydroxylation sites is 1. The van der Waals surface area contributed by atoms with Gasteiger partial charge in [-0.3, -0.25) is 24.0 Å². The van der Waals surface area contributed by atoms with Crippen molar-refractivity contribution in [1.29, 1.82) is 0 Å². The van der Waals surface area contributed by atoms with Crippen LogP contribution in [-0.4, -0.2) is 22.6 Å². The smallest absolute Gasteiger partial charge is 0.330 e. The molecule has 180 valence electrons. The van der Waals surface area contributed by atoms with Gasteiger partial charge >= 0.3 is 5.69 Å². The predicted octanol–water partition coefficient (Wildman–Crippen LogP) is 3.71. The number of methoxy groups -OCH3 is 1. The SMILES string of the molecule is CCCCn1c(N)c(N(Cc2ccccc2OC)C(=O)c2cc3c(s2)CCCC3)c(=O)[nH]c1=O. The molecule has 1 amide bonds. The number of aryl methyl sites for hydroxylation is 2. The van der Waals surface area contributed by atoms with E-state index in [0.29, 0.717) is 23.6 Å². The van der Waals surface area contributed by atoms with Gasteiger partial charge in [0.15, 0.2) is 5.69 Å². The fourth-order valence-electron chi connectivity index (χ4n) is 4.36. The number of hydrogen-bond acceptors (Lipinski definition) is 6. The van der Waals surface area contributed by atoms with Gasteiger partial charge in [0.1, 0.15) is 11.6 Å². The van der Waals surface area contributed by atoms with Gasteiger partial charge < -0.3 is 10.5 Å². The number of carbonyl (C=O) groups excluding carboxylic acids is 1. The van der Waals surface area contributed by atoms with Crippen molar-refractivity contribution < 1.29 is 9.53 Å². The Bertz CT molecular complexity index is 1280. The molecule has 8 nitrogen and oxygen atoms in total. The molecule has 0 aliphatic heterocycles. The Labute approximate surface area is 202 Å². The van der Waals surface area contributed by atoms with E-state index in [-0.39, 0.29) is 24.0 Å². The summed E-state index contributed by atoms with van der Waals surface area (Å²) in [7, 11) is 1.56. The topological polar surface area (TPSA) is 110 Å². The third-order valence-electron chi connectivity index (χ3n) is 6.19. The van der Waals surface area contributed by atoms with Crippen LogP contribution in [0.2, 0.25) is 0 Å². The maximum absolute atomic E-state index is 13.9. The van der Waals surface area contributed by atoms with Crippen LogP contribution in [0.4, 0.5) is 11.5 Å². The molecule has 2 heterocycles. The van der Waals surface area contributed by atoms with E-state index in [0.717, 1.165) is 37.7 Å². The van der Waals surface area contributed by atoms with E-state index in [2.05, 4.69) is 4.98 Å². The van der Waals surface area contributed by atoms with Gasteiger partial charge in [-0.25, -0.2) is 4.79 Å². The van der Waals surface area contributed by atoms with E-state index in [1.165, 1.54) is 31.2 Å². The number of rotatable bonds is 8. The second-order valence-corrected chi connectivity index (χ2v) is 9.60. The standard InChI is InChI=1S/C25H30N4O4S/c1-3-4-13-28-22(26)21(23(30)27-25(28)32)29(15-17-10-5-7-11-18(17)33-2)24(31)20-14-16-9-6-8-12-19(16)34-20/h5,7,10-11,14H,3-4,6,8-9,12-13,15,26H2,1-2H3,(H,27,30,32). The highest BCUT2D eigenvalue weighted by Gasteiger charge is 2.28. The number of anilines is 2. The zero-order chi connectivity index (χ0) is 24.2. The molecule has 0 bridgehead atoms. The van der Waals surface area contributed by atoms with E-state index in [4.69, 9.17) is 10.5 Å². The molecule has 1 aliphatic rings. The van der Waals surface area contributed by atoms with Crippen LogP contribution in [0.25, 0.3) is 0 Å². The number of H-pyrrole nitrogens is 1. The van der Waals surface area contributed by atoms with Gasteiger partial charge in [0.2, 0.25) is 0 Å². The number of fused-ring (bicyclic) bond motifs is 1. The van der Waals surface area contributed by atoms with E-state index in [9.17, 15) is 14.4 Å². The summed E-state index contributed by atoms with van der Waals surface area (Å²) in [6.45, 7) is 2.43. The van der Waals surface area contributed by atoms with Gasteiger partial charge in [-0.1, -0.05) is 31.5 Å². The summed E-state index contributed by atoms with van der Waals surface area (Å²) in [5, 5.41) is 0. The number of benzene rings is 1. The van der Waals surface area contributed by atoms with Crippen LogP contribution in [0.1, 0.15) is 58.3 Å². The fraction of sp³-hybridized carbons (Fsp3) is 0.400. The summed E-state index contributed by atoms with van der Waals surface area (Å²) in [6, 6.07) is 9.27. The third kappa shape index (κ3) is 4.65. The minimum absolute atomic E-state index is 0.00762. The number of unbranched alkanes of at least 4 members (excludes halogenated alkanes) is 1. The normalized spacial score (nSPS) is 12.9. The van der Waals surface area contributed by atoms with Crippen LogP contribution in [0.5, 0.6) is 5.75 Å². The summed E-state index contributed by atoms with van der Waals surface area (Å²) in [4.78, 5) is 44.9. The van der Waals surface area contributed by atoms with Crippen molar-refractivity contribution in [3.05, 3.63) is 72.1 Å². The number of hydrogen-bond donors (Lipinski definition) is 2. The van der Waals surface area contributed by atoms with Crippen LogP contribution in [0.15, 0.2) is 39.9 Å². The molecule has 0 saturated heterocycles. The molecular weight excluding hydrogens is 452 g/mol. The molecule has 0 spiro atoms. The molecule has 0 atom stereocenters. The highest BCUT2D eigenvalue weighted by Crippen LogP contribution is 2.33. The summed E-state index contributed by atoms with van der Waals surface area (Å²) < 4.78 is 6.82. The van der Waals surface area contributed by atoms with Crippen LogP contribution in [0.3, 0.4) is 0 Å². The van der Waals surface area contributed by atoms with Crippen molar-refractivity contribution in [3.63, 3.8) is 0 Å². The molecular formula is C25H30N4O4S. The largest absolute Gasteiger partial charge is 0.496 e. The molecule has 0 unspecified atom stereocenters. The van der Waals surface area contributed by atoms with Gasteiger partial charge in [0.05, 0.1) is 18.5 Å². The maximum atomic E-state index is 13.9. The van der Waals surface area contributed by atoms with Gasteiger partial charge in [-0.2, -0.15) is 0 Å². The lowest BCUT2D eigenvalue weighted by molar-refractivity contribution is 0.0988. The number of nitrogen functional groups attached to an aromatic ring is 1. The summed E-state index contributed by atoms with van der Waals surface area (Å²) >= 11 is 1.48. The minimum atomic E-state index is -0.681. The molecule has 1 aliphatic carbocycles. The average molecular weight is 483 g/mol. The lowest BCUT2D eigenvalue weighted by Gasteiger charge is -2.25. The lowest BCUT2D eigenvalue weighted by atomic mass is 9.99. The molecule has 34 heavy (non-hydrogen) atoms. The lowest BCUT2D eigenvalue weighted by Crippen LogP contribution is -2.40. The van der Waals surface area contributed by atoms with Crippen LogP contribution >= 0.6 is 11.3 Å². The number of amides is 1. The van der Waals surface area contributed by atoms with E-state index < -0.39 is 11.2 Å². The Hall–Kier alpha value is -3.33. The summed E-state index contributed by atoms with van der Waals surface area (Å²) in [6.07, 6.45) is 5.71. The molecule has 3 aromatic rings. The number of thiophene rings is 1. The number of aromatic amines is 1.